The summed E-state index contributed by atoms with van der Waals surface area (Å²) in [6, 6.07) is 1.79. The Bertz CT molecular complexity index is 808. The number of aromatic nitrogens is 3. The van der Waals surface area contributed by atoms with Gasteiger partial charge in [-0.1, -0.05) is 6.42 Å². The van der Waals surface area contributed by atoms with E-state index in [9.17, 15) is 9.00 Å². The molecule has 0 spiro atoms. The van der Waals surface area contributed by atoms with Crippen molar-refractivity contribution in [2.24, 2.45) is 7.05 Å². The van der Waals surface area contributed by atoms with Crippen LogP contribution in [0.4, 0.5) is 0 Å². The minimum atomic E-state index is -0.930. The Morgan fingerprint density at radius 1 is 1.43 bits per heavy atom. The maximum atomic E-state index is 12.7. The van der Waals surface area contributed by atoms with Crippen molar-refractivity contribution in [3.8, 4) is 0 Å². The van der Waals surface area contributed by atoms with Crippen molar-refractivity contribution in [3.63, 3.8) is 0 Å². The fourth-order valence-corrected chi connectivity index (χ4v) is 4.36. The minimum Gasteiger partial charge on any atom is -0.351 e. The Balaban J connectivity index is 1.91. The van der Waals surface area contributed by atoms with E-state index in [0.29, 0.717) is 17.8 Å². The molecule has 1 fully saturated rings. The van der Waals surface area contributed by atoms with E-state index in [4.69, 9.17) is 0 Å². The van der Waals surface area contributed by atoms with Gasteiger partial charge >= 0.3 is 0 Å². The van der Waals surface area contributed by atoms with Gasteiger partial charge in [0, 0.05) is 36.3 Å². The van der Waals surface area contributed by atoms with Gasteiger partial charge in [-0.15, -0.1) is 0 Å². The molecule has 6 nitrogen and oxygen atoms in total. The molecule has 23 heavy (non-hydrogen) atoms. The van der Waals surface area contributed by atoms with Crippen LogP contribution in [0.1, 0.15) is 41.0 Å². The molecule has 1 atom stereocenters. The van der Waals surface area contributed by atoms with Crippen LogP contribution in [-0.2, 0) is 17.8 Å². The van der Waals surface area contributed by atoms with Gasteiger partial charge in [-0.3, -0.25) is 13.7 Å². The Hall–Kier alpha value is -1.76. The lowest BCUT2D eigenvalue weighted by Gasteiger charge is -2.39. The molecule has 124 valence electrons. The molecule has 0 saturated heterocycles. The second kappa shape index (κ2) is 5.70. The van der Waals surface area contributed by atoms with Crippen LogP contribution in [0.3, 0.4) is 0 Å². The van der Waals surface area contributed by atoms with Gasteiger partial charge < -0.3 is 5.32 Å². The first-order valence-corrected chi connectivity index (χ1v) is 9.32. The summed E-state index contributed by atoms with van der Waals surface area (Å²) in [5.41, 5.74) is 2.88. The van der Waals surface area contributed by atoms with E-state index in [1.807, 2.05) is 20.9 Å². The molecule has 1 saturated carbocycles. The zero-order valence-electron chi connectivity index (χ0n) is 14.0. The van der Waals surface area contributed by atoms with Crippen LogP contribution in [0.5, 0.6) is 0 Å². The van der Waals surface area contributed by atoms with Crippen molar-refractivity contribution in [2.75, 3.05) is 12.8 Å². The average molecular weight is 334 g/mol. The SMILES string of the molecule is Cc1cc(C(=O)NCC2(S(C)=O)CCC2)c2c(C)nn(C)c2n1. The molecule has 7 heteroatoms. The smallest absolute Gasteiger partial charge is 0.252 e. The van der Waals surface area contributed by atoms with Crippen LogP contribution in [-0.4, -0.2) is 42.4 Å². The van der Waals surface area contributed by atoms with Gasteiger partial charge in [0.15, 0.2) is 5.65 Å². The third-order valence-corrected chi connectivity index (χ3v) is 6.56. The summed E-state index contributed by atoms with van der Waals surface area (Å²) in [5.74, 6) is -0.145. The molecular weight excluding hydrogens is 312 g/mol. The van der Waals surface area contributed by atoms with Gasteiger partial charge in [0.05, 0.1) is 21.4 Å². The average Bonchev–Trinajstić information content (AvgIpc) is 2.71. The summed E-state index contributed by atoms with van der Waals surface area (Å²) in [6.07, 6.45) is 4.63. The fraction of sp³-hybridized carbons (Fsp3) is 0.562. The number of hydrogen-bond donors (Lipinski definition) is 1. The predicted molar refractivity (Wildman–Crippen MR) is 91.0 cm³/mol. The lowest BCUT2D eigenvalue weighted by molar-refractivity contribution is 0.0945. The second-order valence-electron chi connectivity index (χ2n) is 6.39. The van der Waals surface area contributed by atoms with E-state index in [1.54, 1.807) is 17.0 Å². The van der Waals surface area contributed by atoms with E-state index < -0.39 is 10.8 Å². The first kappa shape index (κ1) is 16.1. The summed E-state index contributed by atoms with van der Waals surface area (Å²) in [6.45, 7) is 4.20. The van der Waals surface area contributed by atoms with Gasteiger partial charge in [-0.2, -0.15) is 5.10 Å². The highest BCUT2D eigenvalue weighted by atomic mass is 32.2. The highest BCUT2D eigenvalue weighted by Crippen LogP contribution is 2.36. The van der Waals surface area contributed by atoms with Gasteiger partial charge in [0.25, 0.3) is 5.91 Å². The number of fused-ring (bicyclic) bond motifs is 1. The molecule has 2 heterocycles. The summed E-state index contributed by atoms with van der Waals surface area (Å²) in [7, 11) is 0.896. The van der Waals surface area contributed by atoms with Crippen molar-refractivity contribution < 1.29 is 9.00 Å². The standard InChI is InChI=1S/C16H22N4O2S/c1-10-8-12(13-11(2)19-20(3)14(13)18-10)15(21)17-9-16(23(4)22)6-5-7-16/h8H,5-7,9H2,1-4H3,(H,17,21). The predicted octanol–water partition coefficient (Wildman–Crippen LogP) is 1.62. The molecule has 0 bridgehead atoms. The number of amides is 1. The first-order chi connectivity index (χ1) is 10.8. The lowest BCUT2D eigenvalue weighted by atomic mass is 9.84. The largest absolute Gasteiger partial charge is 0.351 e. The zero-order valence-corrected chi connectivity index (χ0v) is 14.8. The Kier molecular flexibility index (Phi) is 4.00. The van der Waals surface area contributed by atoms with Crippen molar-refractivity contribution in [1.29, 1.82) is 0 Å². The normalized spacial score (nSPS) is 17.7. The second-order valence-corrected chi connectivity index (χ2v) is 8.17. The molecular formula is C16H22N4O2S. The maximum Gasteiger partial charge on any atom is 0.252 e. The monoisotopic (exact) mass is 334 g/mol. The van der Waals surface area contributed by atoms with Gasteiger partial charge in [0.2, 0.25) is 0 Å². The van der Waals surface area contributed by atoms with Crippen molar-refractivity contribution in [2.45, 2.75) is 37.9 Å². The first-order valence-electron chi connectivity index (χ1n) is 7.77. The highest BCUT2D eigenvalue weighted by Gasteiger charge is 2.41. The third-order valence-electron chi connectivity index (χ3n) is 4.79. The quantitative estimate of drug-likeness (QED) is 0.922. The third kappa shape index (κ3) is 2.67. The fourth-order valence-electron chi connectivity index (χ4n) is 3.22. The maximum absolute atomic E-state index is 12.7. The highest BCUT2D eigenvalue weighted by molar-refractivity contribution is 7.85. The molecule has 1 amide bonds. The summed E-state index contributed by atoms with van der Waals surface area (Å²) in [4.78, 5) is 17.2. The molecule has 0 aromatic carbocycles. The number of nitrogens with zero attached hydrogens (tertiary/aromatic N) is 3. The van der Waals surface area contributed by atoms with Gasteiger partial charge in [-0.25, -0.2) is 4.98 Å². The molecule has 1 aliphatic carbocycles. The Morgan fingerprint density at radius 3 is 2.70 bits per heavy atom. The number of carbonyl (C=O) groups excluding carboxylic acids is 1. The van der Waals surface area contributed by atoms with Crippen molar-refractivity contribution in [1.82, 2.24) is 20.1 Å². The number of hydrogen-bond acceptors (Lipinski definition) is 4. The summed E-state index contributed by atoms with van der Waals surface area (Å²) in [5, 5.41) is 8.13. The number of nitrogens with one attached hydrogen (secondary N) is 1. The Morgan fingerprint density at radius 2 is 2.13 bits per heavy atom. The van der Waals surface area contributed by atoms with Crippen LogP contribution in [0, 0.1) is 13.8 Å². The molecule has 0 radical (unpaired) electrons. The molecule has 1 N–H and O–H groups in total. The molecule has 1 unspecified atom stereocenters. The van der Waals surface area contributed by atoms with Crippen LogP contribution < -0.4 is 5.32 Å². The van der Waals surface area contributed by atoms with E-state index in [-0.39, 0.29) is 10.7 Å². The van der Waals surface area contributed by atoms with Gasteiger partial charge in [0.1, 0.15) is 0 Å². The number of pyridine rings is 1. The van der Waals surface area contributed by atoms with Crippen molar-refractivity contribution in [3.05, 3.63) is 23.0 Å². The van der Waals surface area contributed by atoms with Crippen LogP contribution in [0.25, 0.3) is 11.0 Å². The van der Waals surface area contributed by atoms with E-state index in [0.717, 1.165) is 36.0 Å². The lowest BCUT2D eigenvalue weighted by Crippen LogP contribution is -2.50. The van der Waals surface area contributed by atoms with Gasteiger partial charge in [-0.05, 0) is 32.8 Å². The summed E-state index contributed by atoms with van der Waals surface area (Å²) >= 11 is 0. The van der Waals surface area contributed by atoms with E-state index in [2.05, 4.69) is 15.4 Å². The molecule has 0 aliphatic heterocycles. The number of rotatable bonds is 4. The topological polar surface area (TPSA) is 76.9 Å². The van der Waals surface area contributed by atoms with Crippen LogP contribution in [0.2, 0.25) is 0 Å². The van der Waals surface area contributed by atoms with Crippen LogP contribution in [0.15, 0.2) is 6.07 Å². The number of aryl methyl sites for hydroxylation is 3. The van der Waals surface area contributed by atoms with E-state index in [1.165, 1.54) is 0 Å². The Labute approximate surface area is 138 Å². The van der Waals surface area contributed by atoms with E-state index >= 15 is 0 Å². The molecule has 2 aromatic rings. The minimum absolute atomic E-state index is 0.145. The van der Waals surface area contributed by atoms with Crippen LogP contribution >= 0.6 is 0 Å². The molecule has 3 rings (SSSR count). The number of carbonyl (C=O) groups is 1. The van der Waals surface area contributed by atoms with Crippen molar-refractivity contribution >= 4 is 27.7 Å². The molecule has 2 aromatic heterocycles. The zero-order chi connectivity index (χ0) is 16.8. The summed E-state index contributed by atoms with van der Waals surface area (Å²) < 4.78 is 13.4. The molecule has 1 aliphatic rings.